The van der Waals surface area contributed by atoms with E-state index in [1.165, 1.54) is 70.6 Å². The first kappa shape index (κ1) is 63.9. The molecule has 0 aliphatic heterocycles. The Hall–Kier alpha value is -3.10. The van der Waals surface area contributed by atoms with Crippen LogP contribution in [-0.4, -0.2) is 73.4 Å². The molecule has 0 aromatic heterocycles. The van der Waals surface area contributed by atoms with E-state index in [1.807, 2.05) is 27.2 Å². The number of aliphatic hydroxyl groups is 1. The minimum atomic E-state index is -4.35. The Morgan fingerprint density at radius 1 is 0.522 bits per heavy atom. The Morgan fingerprint density at radius 2 is 0.910 bits per heavy atom. The van der Waals surface area contributed by atoms with E-state index in [1.54, 1.807) is 6.08 Å². The molecule has 0 spiro atoms. The summed E-state index contributed by atoms with van der Waals surface area (Å²) >= 11 is 0. The van der Waals surface area contributed by atoms with Gasteiger partial charge in [0.2, 0.25) is 5.91 Å². The lowest BCUT2D eigenvalue weighted by molar-refractivity contribution is -0.870. The van der Waals surface area contributed by atoms with Crippen LogP contribution in [0.2, 0.25) is 0 Å². The number of amides is 1. The first-order valence-electron chi connectivity index (χ1n) is 26.4. The topological polar surface area (TPSA) is 105 Å². The molecule has 0 saturated heterocycles. The van der Waals surface area contributed by atoms with E-state index in [-0.39, 0.29) is 19.1 Å². The third-order valence-corrected chi connectivity index (χ3v) is 11.9. The van der Waals surface area contributed by atoms with Crippen molar-refractivity contribution in [3.63, 3.8) is 0 Å². The first-order valence-corrected chi connectivity index (χ1v) is 27.9. The van der Waals surface area contributed by atoms with Gasteiger partial charge in [0.15, 0.2) is 0 Å². The number of hydrogen-bond acceptors (Lipinski definition) is 5. The van der Waals surface area contributed by atoms with Crippen molar-refractivity contribution in [1.82, 2.24) is 5.32 Å². The Labute approximate surface area is 412 Å². The molecule has 1 amide bonds. The first-order chi connectivity index (χ1) is 32.5. The molecule has 3 unspecified atom stereocenters. The van der Waals surface area contributed by atoms with Crippen LogP contribution in [0.25, 0.3) is 0 Å². The standard InChI is InChI=1S/C58H99N2O6P/c1-6-8-10-12-14-16-18-19-20-21-22-23-24-25-26-27-28-29-30-31-32-33-34-35-36-37-38-39-40-41-42-44-46-48-50-52-58(62)59-56(55-66-67(63,64)65-54-53-60(3,4)5)57(61)51-49-47-45-43-17-15-13-11-9-7-2/h8,10,14,16-17,19-20,22-23,25-26,28-29,31-32,34-35,43,49,51,56-57,61H,6-7,9,11-13,15,18,21,24,27,30,33,36-42,44-48,50,52-55H2,1-5H3,(H-,59,62,63,64)/p+1/b10-8-,16-14-,20-19-,23-22-,26-25-,29-28-,32-31-,35-34-,43-17+,51-49+. The molecule has 3 N–H and O–H groups in total. The Bertz CT molecular complexity index is 1500. The summed E-state index contributed by atoms with van der Waals surface area (Å²) in [6, 6.07) is -0.872. The van der Waals surface area contributed by atoms with Gasteiger partial charge in [-0.25, -0.2) is 4.57 Å². The molecule has 0 fully saturated rings. The number of phosphoric ester groups is 1. The molecule has 0 saturated carbocycles. The number of rotatable bonds is 46. The number of phosphoric acid groups is 1. The van der Waals surface area contributed by atoms with Gasteiger partial charge >= 0.3 is 7.82 Å². The van der Waals surface area contributed by atoms with Crippen molar-refractivity contribution < 1.29 is 32.9 Å². The van der Waals surface area contributed by atoms with Crippen molar-refractivity contribution in [1.29, 1.82) is 0 Å². The number of hydrogen-bond donors (Lipinski definition) is 3. The Balaban J connectivity index is 4.12. The fourth-order valence-electron chi connectivity index (χ4n) is 6.78. The number of allylic oxidation sites excluding steroid dienone is 19. The summed E-state index contributed by atoms with van der Waals surface area (Å²) in [6.45, 7) is 4.61. The molecule has 0 aromatic carbocycles. The smallest absolute Gasteiger partial charge is 0.387 e. The molecule has 9 heteroatoms. The number of quaternary nitrogens is 1. The predicted molar refractivity (Wildman–Crippen MR) is 290 cm³/mol. The minimum Gasteiger partial charge on any atom is -0.387 e. The van der Waals surface area contributed by atoms with Crippen molar-refractivity contribution in [2.24, 2.45) is 0 Å². The van der Waals surface area contributed by atoms with Crippen LogP contribution in [0.1, 0.15) is 187 Å². The van der Waals surface area contributed by atoms with Crippen molar-refractivity contribution in [2.45, 2.75) is 199 Å². The summed E-state index contributed by atoms with van der Waals surface area (Å²) < 4.78 is 23.5. The number of aliphatic hydroxyl groups excluding tert-OH is 1. The van der Waals surface area contributed by atoms with Crippen LogP contribution in [0.5, 0.6) is 0 Å². The maximum atomic E-state index is 12.9. The fraction of sp³-hybridized carbons (Fsp3) is 0.638. The molecule has 382 valence electrons. The van der Waals surface area contributed by atoms with E-state index in [4.69, 9.17) is 9.05 Å². The molecule has 0 radical (unpaired) electrons. The van der Waals surface area contributed by atoms with E-state index in [9.17, 15) is 19.4 Å². The number of likely N-dealkylation sites (N-methyl/N-ethyl adjacent to an activating group) is 1. The molecule has 8 nitrogen and oxygen atoms in total. The number of unbranched alkanes of at least 4 members (excludes halogenated alkanes) is 15. The van der Waals surface area contributed by atoms with E-state index in [2.05, 4.69) is 129 Å². The monoisotopic (exact) mass is 952 g/mol. The molecule has 0 heterocycles. The van der Waals surface area contributed by atoms with Gasteiger partial charge < -0.3 is 19.8 Å². The summed E-state index contributed by atoms with van der Waals surface area (Å²) in [5.41, 5.74) is 0. The zero-order chi connectivity index (χ0) is 49.2. The normalized spacial score (nSPS) is 15.0. The SMILES string of the molecule is CC/C=C\C/C=C\C/C=C\C/C=C\C/C=C\C/C=C\C/C=C\C/C=C\CCCCCCCCCCCCC(=O)NC(COP(=O)(O)OCC[N+](C)(C)C)C(O)/C=C/CC/C=C/CCCCCC. The number of nitrogens with one attached hydrogen (secondary N) is 1. The van der Waals surface area contributed by atoms with Gasteiger partial charge in [-0.3, -0.25) is 13.8 Å². The van der Waals surface area contributed by atoms with Gasteiger partial charge in [-0.2, -0.15) is 0 Å². The summed E-state index contributed by atoms with van der Waals surface area (Å²) in [5.74, 6) is -0.200. The molecular formula is C58H100N2O6P+. The highest BCUT2D eigenvalue weighted by Gasteiger charge is 2.27. The highest BCUT2D eigenvalue weighted by Crippen LogP contribution is 2.43. The quantitative estimate of drug-likeness (QED) is 0.0243. The van der Waals surface area contributed by atoms with Crippen LogP contribution in [0.15, 0.2) is 122 Å². The lowest BCUT2D eigenvalue weighted by Gasteiger charge is -2.25. The van der Waals surface area contributed by atoms with Crippen molar-refractivity contribution >= 4 is 13.7 Å². The summed E-state index contributed by atoms with van der Waals surface area (Å²) in [5, 5.41) is 13.8. The predicted octanol–water partition coefficient (Wildman–Crippen LogP) is 15.8. The van der Waals surface area contributed by atoms with E-state index >= 15 is 0 Å². The average molecular weight is 952 g/mol. The van der Waals surface area contributed by atoms with Crippen molar-refractivity contribution in [3.05, 3.63) is 122 Å². The van der Waals surface area contributed by atoms with Gasteiger partial charge in [0.1, 0.15) is 13.2 Å². The summed E-state index contributed by atoms with van der Waals surface area (Å²) in [6.07, 6.45) is 71.6. The Morgan fingerprint density at radius 3 is 1.37 bits per heavy atom. The van der Waals surface area contributed by atoms with Crippen LogP contribution in [0.3, 0.4) is 0 Å². The molecule has 0 aromatic rings. The second-order valence-electron chi connectivity index (χ2n) is 18.5. The maximum Gasteiger partial charge on any atom is 0.472 e. The molecule has 3 atom stereocenters. The maximum absolute atomic E-state index is 12.9. The lowest BCUT2D eigenvalue weighted by atomic mass is 10.0. The minimum absolute atomic E-state index is 0.0491. The van der Waals surface area contributed by atoms with E-state index < -0.39 is 20.0 Å². The molecule has 0 aliphatic carbocycles. The van der Waals surface area contributed by atoms with Crippen molar-refractivity contribution in [3.8, 4) is 0 Å². The largest absolute Gasteiger partial charge is 0.472 e. The van der Waals surface area contributed by atoms with Crippen LogP contribution < -0.4 is 5.32 Å². The lowest BCUT2D eigenvalue weighted by Crippen LogP contribution is -2.45. The van der Waals surface area contributed by atoms with Crippen LogP contribution in [0.4, 0.5) is 0 Å². The number of carbonyl (C=O) groups is 1. The zero-order valence-corrected chi connectivity index (χ0v) is 44.2. The molecular weight excluding hydrogens is 852 g/mol. The van der Waals surface area contributed by atoms with Gasteiger partial charge in [-0.15, -0.1) is 0 Å². The van der Waals surface area contributed by atoms with Crippen molar-refractivity contribution in [2.75, 3.05) is 40.9 Å². The van der Waals surface area contributed by atoms with Crippen LogP contribution >= 0.6 is 7.82 Å². The van der Waals surface area contributed by atoms with E-state index in [0.29, 0.717) is 17.4 Å². The highest BCUT2D eigenvalue weighted by molar-refractivity contribution is 7.47. The molecule has 0 aliphatic rings. The summed E-state index contributed by atoms with van der Waals surface area (Å²) in [4.78, 5) is 23.1. The number of carbonyl (C=O) groups excluding carboxylic acids is 1. The van der Waals surface area contributed by atoms with Gasteiger partial charge in [0, 0.05) is 6.42 Å². The van der Waals surface area contributed by atoms with E-state index in [0.717, 1.165) is 96.3 Å². The third kappa shape index (κ3) is 50.6. The third-order valence-electron chi connectivity index (χ3n) is 10.9. The van der Waals surface area contributed by atoms with Gasteiger partial charge in [0.05, 0.1) is 39.9 Å². The Kier molecular flexibility index (Phi) is 45.7. The molecule has 0 rings (SSSR count). The average Bonchev–Trinajstić information content (AvgIpc) is 3.29. The van der Waals surface area contributed by atoms with Crippen LogP contribution in [0, 0.1) is 0 Å². The van der Waals surface area contributed by atoms with Gasteiger partial charge in [-0.05, 0) is 96.3 Å². The molecule has 67 heavy (non-hydrogen) atoms. The second kappa shape index (κ2) is 47.9. The van der Waals surface area contributed by atoms with Gasteiger partial charge in [0.25, 0.3) is 0 Å². The van der Waals surface area contributed by atoms with Gasteiger partial charge in [-0.1, -0.05) is 206 Å². The van der Waals surface area contributed by atoms with Crippen LogP contribution in [-0.2, 0) is 18.4 Å². The zero-order valence-electron chi connectivity index (χ0n) is 43.3. The number of nitrogens with zero attached hydrogens (tertiary/aromatic N) is 1. The molecule has 0 bridgehead atoms. The highest BCUT2D eigenvalue weighted by atomic mass is 31.2. The fourth-order valence-corrected chi connectivity index (χ4v) is 7.51. The summed E-state index contributed by atoms with van der Waals surface area (Å²) in [7, 11) is 1.53. The second-order valence-corrected chi connectivity index (χ2v) is 20.0.